The lowest BCUT2D eigenvalue weighted by Gasteiger charge is -2.35. The molecular formula is C30H30N2O2. The summed E-state index contributed by atoms with van der Waals surface area (Å²) >= 11 is 0. The number of benzene rings is 4. The minimum Gasteiger partial charge on any atom is -0.507 e. The molecule has 1 heterocycles. The Balaban J connectivity index is 1.22. The number of piperazine rings is 1. The van der Waals surface area contributed by atoms with E-state index in [0.29, 0.717) is 11.5 Å². The molecule has 5 rings (SSSR count). The lowest BCUT2D eigenvalue weighted by molar-refractivity contribution is 0.120. The van der Waals surface area contributed by atoms with E-state index < -0.39 is 0 Å². The highest BCUT2D eigenvalue weighted by molar-refractivity contribution is 5.72. The van der Waals surface area contributed by atoms with Gasteiger partial charge in [0.25, 0.3) is 0 Å². The van der Waals surface area contributed by atoms with Crippen LogP contribution in [0, 0.1) is 0 Å². The van der Waals surface area contributed by atoms with Crippen molar-refractivity contribution < 1.29 is 10.2 Å². The van der Waals surface area contributed by atoms with Crippen molar-refractivity contribution in [3.63, 3.8) is 0 Å². The number of rotatable bonds is 6. The van der Waals surface area contributed by atoms with Gasteiger partial charge in [-0.2, -0.15) is 0 Å². The molecule has 1 aliphatic rings. The van der Waals surface area contributed by atoms with E-state index in [9.17, 15) is 10.2 Å². The third-order valence-corrected chi connectivity index (χ3v) is 6.66. The van der Waals surface area contributed by atoms with Crippen LogP contribution in [0.5, 0.6) is 11.5 Å². The van der Waals surface area contributed by atoms with Crippen molar-refractivity contribution in [1.29, 1.82) is 0 Å². The third-order valence-electron chi connectivity index (χ3n) is 6.66. The maximum Gasteiger partial charge on any atom is 0.127 e. The largest absolute Gasteiger partial charge is 0.507 e. The van der Waals surface area contributed by atoms with Crippen LogP contribution in [0.4, 0.5) is 0 Å². The van der Waals surface area contributed by atoms with E-state index in [1.807, 2.05) is 97.1 Å². The number of hydrogen-bond donors (Lipinski definition) is 2. The number of phenols is 2. The van der Waals surface area contributed by atoms with E-state index in [0.717, 1.165) is 72.6 Å². The standard InChI is InChI=1S/C30H30N2O2/c33-29-25(13-7-15-27(29)23-9-3-1-4-10-23)21-31-17-19-32(20-18-31)22-26-14-8-16-28(30(26)34)24-11-5-2-6-12-24/h1-16,33-34H,17-22H2. The van der Waals surface area contributed by atoms with Crippen molar-refractivity contribution in [3.05, 3.63) is 108 Å². The molecule has 2 N–H and O–H groups in total. The molecule has 0 amide bonds. The number of para-hydroxylation sites is 2. The van der Waals surface area contributed by atoms with Crippen LogP contribution in [0.25, 0.3) is 22.3 Å². The van der Waals surface area contributed by atoms with Crippen molar-refractivity contribution in [2.75, 3.05) is 26.2 Å². The highest BCUT2D eigenvalue weighted by Crippen LogP contribution is 2.34. The molecule has 0 spiro atoms. The first-order chi connectivity index (χ1) is 16.7. The lowest BCUT2D eigenvalue weighted by Crippen LogP contribution is -2.45. The first-order valence-corrected chi connectivity index (χ1v) is 11.9. The molecule has 1 fully saturated rings. The quantitative estimate of drug-likeness (QED) is 0.393. The van der Waals surface area contributed by atoms with Gasteiger partial charge in [-0.05, 0) is 11.1 Å². The van der Waals surface area contributed by atoms with Crippen molar-refractivity contribution in [2.45, 2.75) is 13.1 Å². The molecule has 1 aliphatic heterocycles. The van der Waals surface area contributed by atoms with Crippen LogP contribution >= 0.6 is 0 Å². The second-order valence-electron chi connectivity index (χ2n) is 8.91. The number of phenolic OH excluding ortho intramolecular Hbond substituents is 2. The van der Waals surface area contributed by atoms with Crippen molar-refractivity contribution >= 4 is 0 Å². The van der Waals surface area contributed by atoms with Gasteiger partial charge in [0.05, 0.1) is 0 Å². The van der Waals surface area contributed by atoms with Gasteiger partial charge in [-0.3, -0.25) is 9.80 Å². The summed E-state index contributed by atoms with van der Waals surface area (Å²) in [5, 5.41) is 21.8. The maximum atomic E-state index is 10.9. The van der Waals surface area contributed by atoms with Crippen LogP contribution in [0.3, 0.4) is 0 Å². The van der Waals surface area contributed by atoms with Gasteiger partial charge in [0, 0.05) is 61.5 Å². The Morgan fingerprint density at radius 1 is 0.471 bits per heavy atom. The van der Waals surface area contributed by atoms with Gasteiger partial charge in [-0.15, -0.1) is 0 Å². The van der Waals surface area contributed by atoms with Gasteiger partial charge < -0.3 is 10.2 Å². The zero-order valence-electron chi connectivity index (χ0n) is 19.3. The third kappa shape index (κ3) is 4.84. The average Bonchev–Trinajstić information content (AvgIpc) is 2.89. The molecule has 0 atom stereocenters. The second-order valence-corrected chi connectivity index (χ2v) is 8.91. The van der Waals surface area contributed by atoms with E-state index in [1.54, 1.807) is 0 Å². The fourth-order valence-corrected chi connectivity index (χ4v) is 4.73. The molecular weight excluding hydrogens is 420 g/mol. The SMILES string of the molecule is Oc1c(CN2CCN(Cc3cccc(-c4ccccc4)c3O)CC2)cccc1-c1ccccc1. The predicted octanol–water partition coefficient (Wildman–Crippen LogP) is 5.75. The fourth-order valence-electron chi connectivity index (χ4n) is 4.73. The van der Waals surface area contributed by atoms with Gasteiger partial charge in [0.15, 0.2) is 0 Å². The Morgan fingerprint density at radius 2 is 0.853 bits per heavy atom. The van der Waals surface area contributed by atoms with Crippen LogP contribution in [-0.4, -0.2) is 46.2 Å². The van der Waals surface area contributed by atoms with Crippen LogP contribution in [0.15, 0.2) is 97.1 Å². The van der Waals surface area contributed by atoms with E-state index >= 15 is 0 Å². The summed E-state index contributed by atoms with van der Waals surface area (Å²) in [6.45, 7) is 5.16. The second kappa shape index (κ2) is 10.1. The molecule has 0 aliphatic carbocycles. The minimum absolute atomic E-state index is 0.374. The first-order valence-electron chi connectivity index (χ1n) is 11.9. The van der Waals surface area contributed by atoms with Crippen molar-refractivity contribution in [2.24, 2.45) is 0 Å². The topological polar surface area (TPSA) is 46.9 Å². The van der Waals surface area contributed by atoms with Crippen LogP contribution in [-0.2, 0) is 13.1 Å². The molecule has 4 aromatic carbocycles. The van der Waals surface area contributed by atoms with E-state index in [2.05, 4.69) is 9.80 Å². The van der Waals surface area contributed by atoms with Crippen molar-refractivity contribution in [1.82, 2.24) is 9.80 Å². The smallest absolute Gasteiger partial charge is 0.127 e. The Kier molecular flexibility index (Phi) is 6.61. The molecule has 0 radical (unpaired) electrons. The number of aromatic hydroxyl groups is 2. The Bertz CT molecular complexity index is 1130. The minimum atomic E-state index is 0.374. The number of nitrogens with zero attached hydrogens (tertiary/aromatic N) is 2. The van der Waals surface area contributed by atoms with E-state index in [1.165, 1.54) is 0 Å². The molecule has 1 saturated heterocycles. The summed E-state index contributed by atoms with van der Waals surface area (Å²) in [7, 11) is 0. The molecule has 4 heteroatoms. The summed E-state index contributed by atoms with van der Waals surface area (Å²) < 4.78 is 0. The van der Waals surface area contributed by atoms with E-state index in [4.69, 9.17) is 0 Å². The molecule has 0 unspecified atom stereocenters. The summed E-state index contributed by atoms with van der Waals surface area (Å²) in [6.07, 6.45) is 0. The molecule has 0 aromatic heterocycles. The average molecular weight is 451 g/mol. The van der Waals surface area contributed by atoms with Crippen LogP contribution in [0.1, 0.15) is 11.1 Å². The Labute approximate surface area is 201 Å². The van der Waals surface area contributed by atoms with Crippen LogP contribution < -0.4 is 0 Å². The normalized spacial score (nSPS) is 14.8. The van der Waals surface area contributed by atoms with Gasteiger partial charge >= 0.3 is 0 Å². The van der Waals surface area contributed by atoms with Crippen LogP contribution in [0.2, 0.25) is 0 Å². The molecule has 172 valence electrons. The zero-order valence-corrected chi connectivity index (χ0v) is 19.3. The Morgan fingerprint density at radius 3 is 1.24 bits per heavy atom. The summed E-state index contributed by atoms with van der Waals surface area (Å²) in [5.74, 6) is 0.748. The molecule has 0 saturated carbocycles. The Hall–Kier alpha value is -3.60. The monoisotopic (exact) mass is 450 g/mol. The summed E-state index contributed by atoms with van der Waals surface area (Å²) in [6, 6.07) is 32.1. The van der Waals surface area contributed by atoms with Gasteiger partial charge in [0.2, 0.25) is 0 Å². The maximum absolute atomic E-state index is 10.9. The highest BCUT2D eigenvalue weighted by Gasteiger charge is 2.20. The number of hydrogen-bond acceptors (Lipinski definition) is 4. The summed E-state index contributed by atoms with van der Waals surface area (Å²) in [4.78, 5) is 4.78. The molecule has 34 heavy (non-hydrogen) atoms. The van der Waals surface area contributed by atoms with Gasteiger partial charge in [0.1, 0.15) is 11.5 Å². The lowest BCUT2D eigenvalue weighted by atomic mass is 10.0. The van der Waals surface area contributed by atoms with Gasteiger partial charge in [-0.1, -0.05) is 97.1 Å². The predicted molar refractivity (Wildman–Crippen MR) is 138 cm³/mol. The van der Waals surface area contributed by atoms with Crippen molar-refractivity contribution in [3.8, 4) is 33.8 Å². The summed E-state index contributed by atoms with van der Waals surface area (Å²) in [5.41, 5.74) is 5.75. The molecule has 4 nitrogen and oxygen atoms in total. The fraction of sp³-hybridized carbons (Fsp3) is 0.200. The molecule has 0 bridgehead atoms. The highest BCUT2D eigenvalue weighted by atomic mass is 16.3. The zero-order chi connectivity index (χ0) is 23.3. The molecule has 4 aromatic rings. The van der Waals surface area contributed by atoms with E-state index in [-0.39, 0.29) is 0 Å². The first kappa shape index (κ1) is 22.2. The van der Waals surface area contributed by atoms with Gasteiger partial charge in [-0.25, -0.2) is 0 Å².